The summed E-state index contributed by atoms with van der Waals surface area (Å²) in [6.07, 6.45) is 8.11. The number of benzene rings is 5. The number of hydrogen-bond acceptors (Lipinski definition) is 4. The van der Waals surface area contributed by atoms with Crippen molar-refractivity contribution in [1.29, 1.82) is 0 Å². The first-order chi connectivity index (χ1) is 20.7. The number of aromatic nitrogens is 3. The van der Waals surface area contributed by atoms with Crippen LogP contribution >= 0.6 is 0 Å². The normalized spacial score (nSPS) is 17.7. The van der Waals surface area contributed by atoms with Crippen LogP contribution in [-0.2, 0) is 0 Å². The second-order valence-electron chi connectivity index (χ2n) is 11.2. The molecule has 4 heterocycles. The Balaban J connectivity index is 1.32. The van der Waals surface area contributed by atoms with Crippen molar-refractivity contribution in [2.75, 3.05) is 0 Å². The van der Waals surface area contributed by atoms with E-state index in [0.717, 1.165) is 60.0 Å². The number of hydrogen-bond donors (Lipinski definition) is 0. The zero-order valence-corrected chi connectivity index (χ0v) is 22.2. The average molecular weight is 541 g/mol. The molecule has 6 heteroatoms. The molecule has 0 spiro atoms. The van der Waals surface area contributed by atoms with E-state index in [2.05, 4.69) is 48.6 Å². The summed E-state index contributed by atoms with van der Waals surface area (Å²) in [6.45, 7) is 0. The van der Waals surface area contributed by atoms with Crippen LogP contribution in [0, 0.1) is 0 Å². The lowest BCUT2D eigenvalue weighted by molar-refractivity contribution is 0.577. The molecule has 0 N–H and O–H groups in total. The minimum absolute atomic E-state index is 0.0159. The minimum Gasteiger partial charge on any atom is -0.283 e. The summed E-state index contributed by atoms with van der Waals surface area (Å²) < 4.78 is 3.58. The maximum absolute atomic E-state index is 13.9. The standard InChI is InChI=1S/C36H20N4O2/c41-35-25-9-5-7-21-19(15-17-23(31(21)25)33-37-27-11-1-3-13-29(27)39(33)35)20-16-18-24-32-22(20)8-6-10-26(32)36(42)40-30-14-4-2-12-28(30)38-34(24)40/h1-18,27,29H. The van der Waals surface area contributed by atoms with Gasteiger partial charge in [-0.15, -0.1) is 0 Å². The maximum atomic E-state index is 13.9. The van der Waals surface area contributed by atoms with Crippen LogP contribution in [0.5, 0.6) is 0 Å². The van der Waals surface area contributed by atoms with E-state index < -0.39 is 0 Å². The molecule has 2 aliphatic rings. The fourth-order valence-electron chi connectivity index (χ4n) is 7.39. The van der Waals surface area contributed by atoms with Crippen molar-refractivity contribution in [2.45, 2.75) is 12.1 Å². The predicted molar refractivity (Wildman–Crippen MR) is 168 cm³/mol. The van der Waals surface area contributed by atoms with Crippen molar-refractivity contribution in [3.05, 3.63) is 135 Å². The Morgan fingerprint density at radius 3 is 2.07 bits per heavy atom. The monoisotopic (exact) mass is 540 g/mol. The molecule has 6 nitrogen and oxygen atoms in total. The van der Waals surface area contributed by atoms with E-state index in [4.69, 9.17) is 9.98 Å². The van der Waals surface area contributed by atoms with Crippen LogP contribution in [0.1, 0.15) is 6.04 Å². The molecule has 2 unspecified atom stereocenters. The van der Waals surface area contributed by atoms with Gasteiger partial charge in [-0.2, -0.15) is 0 Å². The molecule has 0 saturated heterocycles. The highest BCUT2D eigenvalue weighted by Crippen LogP contribution is 2.40. The van der Waals surface area contributed by atoms with Crippen molar-refractivity contribution in [2.24, 2.45) is 4.99 Å². The van der Waals surface area contributed by atoms with Crippen LogP contribution in [-0.4, -0.2) is 20.0 Å². The van der Waals surface area contributed by atoms with E-state index >= 15 is 0 Å². The predicted octanol–water partition coefficient (Wildman–Crippen LogP) is 6.11. The molecule has 0 amide bonds. The van der Waals surface area contributed by atoms with Gasteiger partial charge >= 0.3 is 0 Å². The number of nitrogens with zero attached hydrogens (tertiary/aromatic N) is 4. The third-order valence-electron chi connectivity index (χ3n) is 9.17. The maximum Gasteiger partial charge on any atom is 0.264 e. The molecule has 2 atom stereocenters. The highest BCUT2D eigenvalue weighted by atomic mass is 16.1. The Kier molecular flexibility index (Phi) is 3.98. The molecule has 0 saturated carbocycles. The van der Waals surface area contributed by atoms with Crippen LogP contribution in [0.2, 0.25) is 0 Å². The van der Waals surface area contributed by atoms with E-state index in [1.165, 1.54) is 0 Å². The molecule has 0 radical (unpaired) electrons. The van der Waals surface area contributed by atoms with Crippen molar-refractivity contribution in [3.63, 3.8) is 0 Å². The van der Waals surface area contributed by atoms with Crippen LogP contribution in [0.4, 0.5) is 0 Å². The van der Waals surface area contributed by atoms with Gasteiger partial charge in [-0.05, 0) is 58.3 Å². The van der Waals surface area contributed by atoms with Crippen LogP contribution in [0.3, 0.4) is 0 Å². The van der Waals surface area contributed by atoms with Crippen LogP contribution in [0.15, 0.2) is 124 Å². The van der Waals surface area contributed by atoms with E-state index in [-0.39, 0.29) is 23.2 Å². The number of allylic oxidation sites excluding steroid dienone is 2. The number of fused-ring (bicyclic) bond motifs is 8. The van der Waals surface area contributed by atoms with E-state index in [1.807, 2.05) is 65.3 Å². The summed E-state index contributed by atoms with van der Waals surface area (Å²) >= 11 is 0. The first-order valence-electron chi connectivity index (χ1n) is 14.1. The van der Waals surface area contributed by atoms with Crippen molar-refractivity contribution in [3.8, 4) is 11.1 Å². The summed E-state index contributed by atoms with van der Waals surface area (Å²) in [4.78, 5) is 37.6. The molecule has 1 aliphatic carbocycles. The summed E-state index contributed by atoms with van der Waals surface area (Å²) in [5.41, 5.74) is 4.96. The topological polar surface area (TPSA) is 68.7 Å². The third-order valence-corrected chi connectivity index (χ3v) is 9.17. The number of pyridine rings is 2. The summed E-state index contributed by atoms with van der Waals surface area (Å²) in [5.74, 6) is 0. The average Bonchev–Trinajstić information content (AvgIpc) is 3.62. The summed E-state index contributed by atoms with van der Waals surface area (Å²) in [7, 11) is 0. The molecular formula is C36H20N4O2. The van der Waals surface area contributed by atoms with Gasteiger partial charge in [-0.1, -0.05) is 72.8 Å². The minimum atomic E-state index is -0.0947. The molecule has 0 bridgehead atoms. The second-order valence-corrected chi connectivity index (χ2v) is 11.2. The molecule has 8 aromatic rings. The molecule has 0 fully saturated rings. The smallest absolute Gasteiger partial charge is 0.264 e. The molecule has 1 aliphatic heterocycles. The van der Waals surface area contributed by atoms with Gasteiger partial charge in [0, 0.05) is 32.3 Å². The van der Waals surface area contributed by atoms with Crippen LogP contribution in [0.25, 0.3) is 70.9 Å². The third kappa shape index (κ3) is 2.56. The summed E-state index contributed by atoms with van der Waals surface area (Å²) in [6, 6.07) is 27.9. The van der Waals surface area contributed by atoms with Crippen molar-refractivity contribution >= 4 is 59.8 Å². The number of imidazole rings is 1. The number of rotatable bonds is 1. The molecule has 3 aromatic heterocycles. The highest BCUT2D eigenvalue weighted by molar-refractivity contribution is 6.22. The van der Waals surface area contributed by atoms with Gasteiger partial charge in [-0.3, -0.25) is 23.5 Å². The van der Waals surface area contributed by atoms with Gasteiger partial charge in [0.25, 0.3) is 11.1 Å². The first kappa shape index (κ1) is 22.1. The lowest BCUT2D eigenvalue weighted by atomic mass is 9.89. The molecule has 196 valence electrons. The zero-order chi connectivity index (χ0) is 27.7. The Labute approximate surface area is 237 Å². The van der Waals surface area contributed by atoms with E-state index in [1.54, 1.807) is 4.40 Å². The Morgan fingerprint density at radius 1 is 0.595 bits per heavy atom. The molecule has 42 heavy (non-hydrogen) atoms. The fraction of sp³-hybridized carbons (Fsp3) is 0.0556. The van der Waals surface area contributed by atoms with Gasteiger partial charge in [0.05, 0.1) is 23.1 Å². The second kappa shape index (κ2) is 7.56. The number of para-hydroxylation sites is 2. The SMILES string of the molecule is O=c1c2cccc3c(-c4ccc5c6c4cccc6c(=O)n4c6ccccc6nc54)ccc(c4n1C1C=CC=CC1N=4)c32. The molecule has 10 rings (SSSR count). The van der Waals surface area contributed by atoms with Gasteiger partial charge in [0.1, 0.15) is 11.1 Å². The van der Waals surface area contributed by atoms with Gasteiger partial charge < -0.3 is 0 Å². The van der Waals surface area contributed by atoms with Gasteiger partial charge in [-0.25, -0.2) is 4.98 Å². The fourth-order valence-corrected chi connectivity index (χ4v) is 7.39. The van der Waals surface area contributed by atoms with Gasteiger partial charge in [0.15, 0.2) is 0 Å². The van der Waals surface area contributed by atoms with Crippen LogP contribution < -0.4 is 16.6 Å². The Morgan fingerprint density at radius 2 is 1.26 bits per heavy atom. The van der Waals surface area contributed by atoms with E-state index in [9.17, 15) is 9.59 Å². The Bertz CT molecular complexity index is 2750. The van der Waals surface area contributed by atoms with Crippen molar-refractivity contribution < 1.29 is 0 Å². The zero-order valence-electron chi connectivity index (χ0n) is 22.2. The molecule has 5 aromatic carbocycles. The Hall–Kier alpha value is -5.62. The molecular weight excluding hydrogens is 520 g/mol. The van der Waals surface area contributed by atoms with E-state index in [0.29, 0.717) is 16.4 Å². The lowest BCUT2D eigenvalue weighted by Gasteiger charge is -2.18. The van der Waals surface area contributed by atoms with Gasteiger partial charge in [0.2, 0.25) is 0 Å². The largest absolute Gasteiger partial charge is 0.283 e. The van der Waals surface area contributed by atoms with Crippen molar-refractivity contribution in [1.82, 2.24) is 14.0 Å². The highest BCUT2D eigenvalue weighted by Gasteiger charge is 2.30. The lowest BCUT2D eigenvalue weighted by Crippen LogP contribution is -2.34. The quantitative estimate of drug-likeness (QED) is 0.252. The summed E-state index contributed by atoms with van der Waals surface area (Å²) in [5, 5.41) is 7.10. The first-order valence-corrected chi connectivity index (χ1v) is 14.1.